The minimum atomic E-state index is -4.01. The van der Waals surface area contributed by atoms with Crippen molar-refractivity contribution in [3.8, 4) is 32.4 Å². The van der Waals surface area contributed by atoms with E-state index in [1.807, 2.05) is 0 Å². The highest BCUT2D eigenvalue weighted by Gasteiger charge is 2.28. The molecule has 0 spiro atoms. The van der Waals surface area contributed by atoms with Crippen molar-refractivity contribution in [2.75, 3.05) is 92.4 Å². The molecule has 0 aliphatic rings. The number of carbonyl (C=O) groups is 3. The van der Waals surface area contributed by atoms with Gasteiger partial charge in [-0.15, -0.1) is 34.0 Å². The summed E-state index contributed by atoms with van der Waals surface area (Å²) in [4.78, 5) is 33.5. The highest BCUT2D eigenvalue weighted by Crippen LogP contribution is 2.38. The van der Waals surface area contributed by atoms with Crippen LogP contribution < -0.4 is 58.5 Å². The smallest absolute Gasteiger partial charge is 0.494 e. The third kappa shape index (κ3) is 22.8. The van der Waals surface area contributed by atoms with Gasteiger partial charge in [-0.1, -0.05) is 54.4 Å². The summed E-state index contributed by atoms with van der Waals surface area (Å²) in [5, 5.41) is 14.2. The molecule has 0 aliphatic carbocycles. The molecule has 6 rings (SSSR count). The highest BCUT2D eigenvalue weighted by molar-refractivity contribution is 7.93. The molecule has 3 heterocycles. The van der Waals surface area contributed by atoms with Crippen molar-refractivity contribution >= 4 is 117 Å². The SMILES string of the molecule is COC(=O)Oc1sccc1S(=O)(=O)Nc1ccc(NCC(C)C)cc1OC.COC(=O)Oc1sccc1S(=O)(=O)Nc1ccc(NCCCC(C)C)cc1OC.COC(=O)Oc1sccc1S(=O)(=O)Nc1ccc(NCCCCC(C)C)cc1OC. The van der Waals surface area contributed by atoms with E-state index in [0.717, 1.165) is 118 Å². The number of methoxy groups -OCH3 is 6. The van der Waals surface area contributed by atoms with Crippen molar-refractivity contribution in [3.05, 3.63) is 88.9 Å². The predicted octanol–water partition coefficient (Wildman–Crippen LogP) is 13.3. The van der Waals surface area contributed by atoms with Gasteiger partial charge in [-0.05, 0) is 108 Å². The van der Waals surface area contributed by atoms with E-state index in [4.69, 9.17) is 28.4 Å². The number of hydrogen-bond donors (Lipinski definition) is 6. The lowest BCUT2D eigenvalue weighted by Crippen LogP contribution is -2.15. The van der Waals surface area contributed by atoms with Crippen LogP contribution in [-0.4, -0.2) is 106 Å². The summed E-state index contributed by atoms with van der Waals surface area (Å²) in [6.45, 7) is 15.4. The van der Waals surface area contributed by atoms with Crippen molar-refractivity contribution in [2.45, 2.75) is 88.3 Å². The largest absolute Gasteiger partial charge is 0.514 e. The highest BCUT2D eigenvalue weighted by atomic mass is 32.2. The first kappa shape index (κ1) is 71.1. The van der Waals surface area contributed by atoms with Crippen LogP contribution in [0.3, 0.4) is 0 Å². The van der Waals surface area contributed by atoms with Gasteiger partial charge < -0.3 is 58.6 Å². The fourth-order valence-electron chi connectivity index (χ4n) is 7.26. The molecular formula is C56H76N6O18S6. The van der Waals surface area contributed by atoms with Crippen molar-refractivity contribution in [1.82, 2.24) is 0 Å². The van der Waals surface area contributed by atoms with E-state index >= 15 is 0 Å². The van der Waals surface area contributed by atoms with Crippen molar-refractivity contribution in [1.29, 1.82) is 0 Å². The molecule has 0 radical (unpaired) electrons. The maximum Gasteiger partial charge on any atom is 0.514 e. The summed E-state index contributed by atoms with van der Waals surface area (Å²) in [5.41, 5.74) is 3.30. The Balaban J connectivity index is 0.000000277. The molecule has 86 heavy (non-hydrogen) atoms. The molecule has 474 valence electrons. The standard InChI is InChI=1S/C20H28N2O6S2.C19H26N2O6S2.C17H22N2O6S2/c1-14(2)7-5-6-11-21-15-8-9-16(17(13-15)26-3)22-30(24,25)18-10-12-29-19(18)28-20(23)27-4;1-13(2)6-5-10-20-14-7-8-15(16(12-14)25-3)21-29(23,24)17-9-11-28-18(17)27-19(22)26-4;1-11(2)10-18-12-5-6-13(14(9-12)23-3)19-27(21,22)15-7-8-26-16(15)25-17(20)24-4/h8-10,12-14,21-22H,5-7,11H2,1-4H3;7-9,11-13,20-21H,5-6,10H2,1-4H3;5-9,11,18-19H,10H2,1-4H3. The number of ether oxygens (including phenoxy) is 9. The number of sulfonamides is 3. The van der Waals surface area contributed by atoms with Crippen molar-refractivity contribution in [2.24, 2.45) is 17.8 Å². The fourth-order valence-corrected chi connectivity index (χ4v) is 14.0. The Kier molecular flexibility index (Phi) is 28.7. The minimum Gasteiger partial charge on any atom is -0.494 e. The fraction of sp³-hybridized carbons (Fsp3) is 0.411. The molecule has 0 amide bonds. The Morgan fingerprint density at radius 2 is 0.733 bits per heavy atom. The average Bonchev–Trinajstić information content (AvgIpc) is 2.78. The van der Waals surface area contributed by atoms with E-state index in [-0.39, 0.29) is 46.9 Å². The van der Waals surface area contributed by atoms with Crippen molar-refractivity contribution < 1.29 is 82.3 Å². The molecule has 3 aromatic heterocycles. The zero-order chi connectivity index (χ0) is 63.6. The summed E-state index contributed by atoms with van der Waals surface area (Å²) in [7, 11) is -4.19. The Bertz CT molecular complexity index is 3480. The number of rotatable bonds is 29. The summed E-state index contributed by atoms with van der Waals surface area (Å²) < 4.78 is 128. The van der Waals surface area contributed by atoms with Gasteiger partial charge in [0.2, 0.25) is 15.2 Å². The Hall–Kier alpha value is -7.38. The third-order valence-electron chi connectivity index (χ3n) is 11.6. The molecular weight excluding hydrogens is 1240 g/mol. The van der Waals surface area contributed by atoms with Crippen LogP contribution >= 0.6 is 34.0 Å². The number of thiophene rings is 3. The molecule has 24 nitrogen and oxygen atoms in total. The molecule has 0 saturated carbocycles. The maximum atomic E-state index is 12.8. The molecule has 30 heteroatoms. The van der Waals surface area contributed by atoms with Crippen LogP contribution in [0.4, 0.5) is 48.5 Å². The lowest BCUT2D eigenvalue weighted by Gasteiger charge is -2.15. The zero-order valence-electron chi connectivity index (χ0n) is 49.8. The zero-order valence-corrected chi connectivity index (χ0v) is 54.7. The Morgan fingerprint density at radius 1 is 0.419 bits per heavy atom. The van der Waals surface area contributed by atoms with Gasteiger partial charge in [-0.2, -0.15) is 0 Å². The van der Waals surface area contributed by atoms with Gasteiger partial charge in [-0.25, -0.2) is 39.6 Å². The van der Waals surface area contributed by atoms with Gasteiger partial charge >= 0.3 is 18.5 Å². The Labute approximate surface area is 515 Å². The van der Waals surface area contributed by atoms with Crippen LogP contribution in [0.25, 0.3) is 0 Å². The van der Waals surface area contributed by atoms with E-state index in [1.165, 1.54) is 62.1 Å². The van der Waals surface area contributed by atoms with Gasteiger partial charge in [-0.3, -0.25) is 14.2 Å². The quantitative estimate of drug-likeness (QED) is 0.0144. The minimum absolute atomic E-state index is 0.0759. The molecule has 0 aliphatic heterocycles. The normalized spacial score (nSPS) is 11.2. The summed E-state index contributed by atoms with van der Waals surface area (Å²) in [6.07, 6.45) is 2.58. The summed E-state index contributed by atoms with van der Waals surface area (Å²) >= 11 is 2.92. The second-order valence-electron chi connectivity index (χ2n) is 19.5. The van der Waals surface area contributed by atoms with Gasteiger partial charge in [0.25, 0.3) is 30.1 Å². The molecule has 0 unspecified atom stereocenters. The van der Waals surface area contributed by atoms with E-state index in [9.17, 15) is 39.6 Å². The second kappa shape index (κ2) is 34.7. The van der Waals surface area contributed by atoms with E-state index in [0.29, 0.717) is 35.0 Å². The van der Waals surface area contributed by atoms with Crippen LogP contribution in [-0.2, 0) is 44.3 Å². The molecule has 0 saturated heterocycles. The predicted molar refractivity (Wildman–Crippen MR) is 337 cm³/mol. The summed E-state index contributed by atoms with van der Waals surface area (Å²) in [5.74, 6) is 2.90. The lowest BCUT2D eigenvalue weighted by atomic mass is 10.1. The maximum absolute atomic E-state index is 12.8. The number of hydrogen-bond acceptors (Lipinski definition) is 24. The number of benzene rings is 3. The second-order valence-corrected chi connectivity index (χ2v) is 27.1. The molecule has 6 aromatic rings. The monoisotopic (exact) mass is 1310 g/mol. The van der Waals surface area contributed by atoms with E-state index < -0.39 is 48.5 Å². The first-order valence-corrected chi connectivity index (χ1v) is 33.7. The summed E-state index contributed by atoms with van der Waals surface area (Å²) in [6, 6.07) is 19.4. The Morgan fingerprint density at radius 3 is 1.03 bits per heavy atom. The molecule has 0 fully saturated rings. The van der Waals surface area contributed by atoms with Gasteiger partial charge in [0.15, 0.2) is 0 Å². The van der Waals surface area contributed by atoms with E-state index in [2.05, 4.69) is 85.9 Å². The van der Waals surface area contributed by atoms with Crippen LogP contribution in [0.5, 0.6) is 32.4 Å². The molecule has 0 bridgehead atoms. The number of anilines is 6. The first-order chi connectivity index (χ1) is 40.8. The molecule has 0 atom stereocenters. The van der Waals surface area contributed by atoms with Gasteiger partial charge in [0.05, 0.1) is 59.7 Å². The van der Waals surface area contributed by atoms with Crippen molar-refractivity contribution in [3.63, 3.8) is 0 Å². The van der Waals surface area contributed by atoms with Gasteiger partial charge in [0.1, 0.15) is 31.9 Å². The number of unbranched alkanes of at least 4 members (excludes halogenated alkanes) is 1. The topological polar surface area (TPSA) is 309 Å². The van der Waals surface area contributed by atoms with Crippen LogP contribution in [0.2, 0.25) is 0 Å². The third-order valence-corrected chi connectivity index (χ3v) is 18.5. The van der Waals surface area contributed by atoms with E-state index in [1.54, 1.807) is 54.6 Å². The molecule has 3 aromatic carbocycles. The first-order valence-electron chi connectivity index (χ1n) is 26.6. The molecule has 6 N–H and O–H groups in total. The number of nitrogens with one attached hydrogen (secondary N) is 6. The number of carbonyl (C=O) groups excluding carboxylic acids is 3. The van der Waals surface area contributed by atoms with Crippen LogP contribution in [0, 0.1) is 17.8 Å². The van der Waals surface area contributed by atoms with Crippen LogP contribution in [0.1, 0.15) is 73.6 Å². The van der Waals surface area contributed by atoms with Crippen LogP contribution in [0.15, 0.2) is 104 Å². The average molecular weight is 1310 g/mol. The lowest BCUT2D eigenvalue weighted by molar-refractivity contribution is 0.121. The van der Waals surface area contributed by atoms with Gasteiger partial charge in [0, 0.05) is 54.9 Å².